The predicted molar refractivity (Wildman–Crippen MR) is 92.5 cm³/mol. The first-order chi connectivity index (χ1) is 11.2. The molecule has 2 aromatic carbocycles. The van der Waals surface area contributed by atoms with E-state index >= 15 is 0 Å². The van der Waals surface area contributed by atoms with Gasteiger partial charge in [0.15, 0.2) is 6.10 Å². The molecule has 23 heavy (non-hydrogen) atoms. The van der Waals surface area contributed by atoms with Gasteiger partial charge in [-0.05, 0) is 43.0 Å². The van der Waals surface area contributed by atoms with Gasteiger partial charge in [0.25, 0.3) is 5.91 Å². The number of amides is 1. The summed E-state index contributed by atoms with van der Waals surface area (Å²) in [7, 11) is 0. The van der Waals surface area contributed by atoms with Gasteiger partial charge in [-0.3, -0.25) is 4.79 Å². The van der Waals surface area contributed by atoms with Crippen molar-refractivity contribution in [1.29, 1.82) is 0 Å². The standard InChI is InChI=1S/C19H22N2O2/c22-18(15-8-3-1-4-9-15)19(23)20-16-10-7-11-17(14-16)21-12-5-2-6-13-21/h1,3-4,7-11,14,18,22H,2,5-6,12-13H2,(H,20,23). The zero-order chi connectivity index (χ0) is 16.1. The molecule has 1 amide bonds. The molecule has 120 valence electrons. The van der Waals surface area contributed by atoms with Crippen molar-refractivity contribution in [2.45, 2.75) is 25.4 Å². The first-order valence-corrected chi connectivity index (χ1v) is 8.13. The van der Waals surface area contributed by atoms with Gasteiger partial charge in [0, 0.05) is 24.5 Å². The fraction of sp³-hybridized carbons (Fsp3) is 0.316. The molecule has 4 nitrogen and oxygen atoms in total. The Morgan fingerprint density at radius 3 is 2.48 bits per heavy atom. The molecule has 4 heteroatoms. The molecule has 1 fully saturated rings. The Morgan fingerprint density at radius 1 is 1.00 bits per heavy atom. The number of rotatable bonds is 4. The number of carbonyl (C=O) groups is 1. The maximum absolute atomic E-state index is 12.2. The molecule has 0 saturated carbocycles. The lowest BCUT2D eigenvalue weighted by Gasteiger charge is -2.29. The fourth-order valence-corrected chi connectivity index (χ4v) is 2.93. The second-order valence-corrected chi connectivity index (χ2v) is 5.90. The minimum absolute atomic E-state index is 0.410. The molecule has 1 unspecified atom stereocenters. The van der Waals surface area contributed by atoms with E-state index in [1.807, 2.05) is 36.4 Å². The van der Waals surface area contributed by atoms with E-state index in [1.165, 1.54) is 19.3 Å². The first-order valence-electron chi connectivity index (χ1n) is 8.13. The normalized spacial score (nSPS) is 16.0. The first kappa shape index (κ1) is 15.6. The number of anilines is 2. The SMILES string of the molecule is O=C(Nc1cccc(N2CCCCC2)c1)C(O)c1ccccc1. The Kier molecular flexibility index (Phi) is 4.93. The zero-order valence-electron chi connectivity index (χ0n) is 13.1. The summed E-state index contributed by atoms with van der Waals surface area (Å²) in [6.45, 7) is 2.12. The van der Waals surface area contributed by atoms with E-state index in [1.54, 1.807) is 12.1 Å². The molecule has 1 atom stereocenters. The lowest BCUT2D eigenvalue weighted by Crippen LogP contribution is -2.29. The van der Waals surface area contributed by atoms with Crippen molar-refractivity contribution in [3.8, 4) is 0 Å². The monoisotopic (exact) mass is 310 g/mol. The summed E-state index contributed by atoms with van der Waals surface area (Å²) in [5, 5.41) is 12.9. The van der Waals surface area contributed by atoms with Gasteiger partial charge in [0.1, 0.15) is 0 Å². The van der Waals surface area contributed by atoms with Gasteiger partial charge < -0.3 is 15.3 Å². The van der Waals surface area contributed by atoms with Crippen LogP contribution >= 0.6 is 0 Å². The van der Waals surface area contributed by atoms with Crippen molar-refractivity contribution >= 4 is 17.3 Å². The maximum Gasteiger partial charge on any atom is 0.257 e. The van der Waals surface area contributed by atoms with Crippen LogP contribution in [0.1, 0.15) is 30.9 Å². The largest absolute Gasteiger partial charge is 0.378 e. The average Bonchev–Trinajstić information content (AvgIpc) is 2.63. The van der Waals surface area contributed by atoms with Crippen LogP contribution in [0.4, 0.5) is 11.4 Å². The predicted octanol–water partition coefficient (Wildman–Crippen LogP) is 3.35. The van der Waals surface area contributed by atoms with Crippen LogP contribution in [-0.2, 0) is 4.79 Å². The summed E-state index contributed by atoms with van der Waals surface area (Å²) in [4.78, 5) is 14.6. The van der Waals surface area contributed by atoms with Gasteiger partial charge in [-0.25, -0.2) is 0 Å². The molecule has 1 aliphatic heterocycles. The smallest absolute Gasteiger partial charge is 0.257 e. The highest BCUT2D eigenvalue weighted by atomic mass is 16.3. The van der Waals surface area contributed by atoms with Crippen LogP contribution in [0.3, 0.4) is 0 Å². The van der Waals surface area contributed by atoms with Crippen LogP contribution < -0.4 is 10.2 Å². The Labute approximate surface area is 136 Å². The van der Waals surface area contributed by atoms with Crippen molar-refractivity contribution in [2.24, 2.45) is 0 Å². The second kappa shape index (κ2) is 7.29. The van der Waals surface area contributed by atoms with Crippen molar-refractivity contribution < 1.29 is 9.90 Å². The van der Waals surface area contributed by atoms with E-state index in [0.717, 1.165) is 18.8 Å². The number of hydrogen-bond donors (Lipinski definition) is 2. The van der Waals surface area contributed by atoms with E-state index in [-0.39, 0.29) is 0 Å². The second-order valence-electron chi connectivity index (χ2n) is 5.90. The van der Waals surface area contributed by atoms with Gasteiger partial charge in [-0.1, -0.05) is 36.4 Å². The number of piperidine rings is 1. The van der Waals surface area contributed by atoms with Crippen molar-refractivity contribution in [3.05, 3.63) is 60.2 Å². The lowest BCUT2D eigenvalue weighted by molar-refractivity contribution is -0.124. The molecule has 0 bridgehead atoms. The van der Waals surface area contributed by atoms with Crippen LogP contribution in [-0.4, -0.2) is 24.1 Å². The van der Waals surface area contributed by atoms with Gasteiger partial charge in [0.2, 0.25) is 0 Å². The number of benzene rings is 2. The molecular weight excluding hydrogens is 288 g/mol. The third kappa shape index (κ3) is 3.90. The zero-order valence-corrected chi connectivity index (χ0v) is 13.1. The van der Waals surface area contributed by atoms with Gasteiger partial charge >= 0.3 is 0 Å². The number of aliphatic hydroxyl groups is 1. The van der Waals surface area contributed by atoms with E-state index in [0.29, 0.717) is 11.3 Å². The summed E-state index contributed by atoms with van der Waals surface area (Å²) in [6, 6.07) is 16.8. The lowest BCUT2D eigenvalue weighted by atomic mass is 10.1. The Morgan fingerprint density at radius 2 is 1.74 bits per heavy atom. The molecule has 0 spiro atoms. The number of carbonyl (C=O) groups excluding carboxylic acids is 1. The molecule has 2 N–H and O–H groups in total. The average molecular weight is 310 g/mol. The highest BCUT2D eigenvalue weighted by Crippen LogP contribution is 2.24. The Bertz CT molecular complexity index is 651. The van der Waals surface area contributed by atoms with Crippen molar-refractivity contribution in [2.75, 3.05) is 23.3 Å². The van der Waals surface area contributed by atoms with Crippen LogP contribution in [0.25, 0.3) is 0 Å². The molecule has 1 saturated heterocycles. The van der Waals surface area contributed by atoms with Gasteiger partial charge in [0.05, 0.1) is 0 Å². The number of nitrogens with one attached hydrogen (secondary N) is 1. The van der Waals surface area contributed by atoms with Crippen molar-refractivity contribution in [3.63, 3.8) is 0 Å². The Hall–Kier alpha value is -2.33. The minimum atomic E-state index is -1.16. The minimum Gasteiger partial charge on any atom is -0.378 e. The molecule has 0 aliphatic carbocycles. The van der Waals surface area contributed by atoms with Crippen LogP contribution in [0.15, 0.2) is 54.6 Å². The van der Waals surface area contributed by atoms with Crippen LogP contribution in [0, 0.1) is 0 Å². The highest BCUT2D eigenvalue weighted by molar-refractivity contribution is 5.95. The number of hydrogen-bond acceptors (Lipinski definition) is 3. The molecule has 1 heterocycles. The number of nitrogens with zero attached hydrogens (tertiary/aromatic N) is 1. The third-order valence-corrected chi connectivity index (χ3v) is 4.20. The molecule has 3 rings (SSSR count). The summed E-state index contributed by atoms with van der Waals surface area (Å²) in [6.07, 6.45) is 2.55. The molecular formula is C19H22N2O2. The maximum atomic E-state index is 12.2. The van der Waals surface area contributed by atoms with E-state index in [2.05, 4.69) is 16.3 Å². The van der Waals surface area contributed by atoms with Crippen molar-refractivity contribution in [1.82, 2.24) is 0 Å². The van der Waals surface area contributed by atoms with Gasteiger partial charge in [-0.2, -0.15) is 0 Å². The highest BCUT2D eigenvalue weighted by Gasteiger charge is 2.17. The van der Waals surface area contributed by atoms with E-state index in [9.17, 15) is 9.90 Å². The third-order valence-electron chi connectivity index (χ3n) is 4.20. The van der Waals surface area contributed by atoms with E-state index < -0.39 is 12.0 Å². The number of aliphatic hydroxyl groups excluding tert-OH is 1. The summed E-state index contributed by atoms with van der Waals surface area (Å²) in [5.41, 5.74) is 2.43. The molecule has 1 aliphatic rings. The summed E-state index contributed by atoms with van der Waals surface area (Å²) < 4.78 is 0. The quantitative estimate of drug-likeness (QED) is 0.910. The Balaban J connectivity index is 1.69. The van der Waals surface area contributed by atoms with Crippen LogP contribution in [0.5, 0.6) is 0 Å². The summed E-state index contributed by atoms with van der Waals surface area (Å²) in [5.74, 6) is -0.410. The molecule has 2 aromatic rings. The van der Waals surface area contributed by atoms with Gasteiger partial charge in [-0.15, -0.1) is 0 Å². The molecule has 0 aromatic heterocycles. The van der Waals surface area contributed by atoms with E-state index in [4.69, 9.17) is 0 Å². The molecule has 0 radical (unpaired) electrons. The summed E-state index contributed by atoms with van der Waals surface area (Å²) >= 11 is 0. The fourth-order valence-electron chi connectivity index (χ4n) is 2.93. The van der Waals surface area contributed by atoms with Crippen LogP contribution in [0.2, 0.25) is 0 Å². The topological polar surface area (TPSA) is 52.6 Å².